The van der Waals surface area contributed by atoms with Crippen molar-refractivity contribution in [1.82, 2.24) is 9.97 Å². The zero-order chi connectivity index (χ0) is 21.3. The average molecular weight is 444 g/mol. The Morgan fingerprint density at radius 1 is 1.07 bits per heavy atom. The van der Waals surface area contributed by atoms with E-state index in [9.17, 15) is 23.4 Å². The maximum Gasteiger partial charge on any atom is 0.264 e. The minimum absolute atomic E-state index is 0.0120. The first-order valence-electron chi connectivity index (χ1n) is 8.70. The van der Waals surface area contributed by atoms with Crippen molar-refractivity contribution in [3.05, 3.63) is 66.5 Å². The summed E-state index contributed by atoms with van der Waals surface area (Å²) in [6.45, 7) is 0. The number of aromatic hydroxyl groups is 2. The summed E-state index contributed by atoms with van der Waals surface area (Å²) in [4.78, 5) is 21.6. The molecular weight excluding hydrogens is 428 g/mol. The van der Waals surface area contributed by atoms with E-state index in [2.05, 4.69) is 14.7 Å². The molecule has 11 heteroatoms. The molecule has 0 spiro atoms. The van der Waals surface area contributed by atoms with Crippen molar-refractivity contribution in [3.8, 4) is 11.5 Å². The molecule has 3 N–H and O–H groups in total. The Hall–Kier alpha value is -3.31. The van der Waals surface area contributed by atoms with Crippen LogP contribution in [-0.2, 0) is 14.8 Å². The number of anilines is 2. The Kier molecular flexibility index (Phi) is 5.22. The van der Waals surface area contributed by atoms with Crippen LogP contribution in [0.2, 0.25) is 0 Å². The molecule has 1 unspecified atom stereocenters. The monoisotopic (exact) mass is 444 g/mol. The molecule has 4 rings (SSSR count). The average Bonchev–Trinajstić information content (AvgIpc) is 3.09. The zero-order valence-corrected chi connectivity index (χ0v) is 17.0. The molecule has 30 heavy (non-hydrogen) atoms. The first-order chi connectivity index (χ1) is 14.3. The fourth-order valence-corrected chi connectivity index (χ4v) is 5.16. The Balaban J connectivity index is 1.61. The lowest BCUT2D eigenvalue weighted by molar-refractivity contribution is -0.115. The van der Waals surface area contributed by atoms with Crippen molar-refractivity contribution in [3.63, 3.8) is 0 Å². The van der Waals surface area contributed by atoms with Crippen LogP contribution >= 0.6 is 11.8 Å². The molecule has 1 amide bonds. The topological polar surface area (TPSA) is 133 Å². The predicted octanol–water partition coefficient (Wildman–Crippen LogP) is 2.47. The third-order valence-electron chi connectivity index (χ3n) is 4.36. The number of carbonyl (C=O) groups is 1. The Morgan fingerprint density at radius 3 is 2.43 bits per heavy atom. The van der Waals surface area contributed by atoms with E-state index in [4.69, 9.17) is 0 Å². The number of phenols is 2. The van der Waals surface area contributed by atoms with Crippen LogP contribution in [0.1, 0.15) is 10.9 Å². The van der Waals surface area contributed by atoms with Gasteiger partial charge >= 0.3 is 0 Å². The third kappa shape index (κ3) is 3.89. The van der Waals surface area contributed by atoms with E-state index in [1.807, 2.05) is 0 Å². The maximum atomic E-state index is 12.5. The molecule has 9 nitrogen and oxygen atoms in total. The molecule has 1 atom stereocenters. The summed E-state index contributed by atoms with van der Waals surface area (Å²) in [7, 11) is -3.90. The number of nitrogens with zero attached hydrogens (tertiary/aromatic N) is 3. The van der Waals surface area contributed by atoms with Crippen LogP contribution < -0.4 is 9.62 Å². The Bertz CT molecular complexity index is 1190. The quantitative estimate of drug-likeness (QED) is 0.547. The largest absolute Gasteiger partial charge is 0.508 e. The van der Waals surface area contributed by atoms with E-state index in [0.717, 1.165) is 0 Å². The molecule has 0 bridgehead atoms. The van der Waals surface area contributed by atoms with Gasteiger partial charge in [0.15, 0.2) is 0 Å². The molecule has 154 valence electrons. The van der Waals surface area contributed by atoms with Crippen molar-refractivity contribution in [2.75, 3.05) is 15.4 Å². The van der Waals surface area contributed by atoms with Gasteiger partial charge in [0.1, 0.15) is 16.9 Å². The number of hydrogen-bond acceptors (Lipinski definition) is 8. The number of benzene rings is 2. The molecule has 1 aliphatic heterocycles. The van der Waals surface area contributed by atoms with Gasteiger partial charge in [-0.3, -0.25) is 9.69 Å². The standard InChI is InChI=1S/C19H16N4O5S2/c24-13-4-7-15(16(25)10-13)18-23(17(26)11-29-18)12-2-5-14(6-3-12)30(27,28)22-19-20-8-1-9-21-19/h1-10,18,24-25H,11H2,(H,20,21,22). The second-order valence-electron chi connectivity index (χ2n) is 6.34. The molecule has 1 aromatic heterocycles. The van der Waals surface area contributed by atoms with Crippen LogP contribution in [0.5, 0.6) is 11.5 Å². The predicted molar refractivity (Wildman–Crippen MR) is 112 cm³/mol. The summed E-state index contributed by atoms with van der Waals surface area (Å²) >= 11 is 1.33. The minimum atomic E-state index is -3.90. The van der Waals surface area contributed by atoms with Gasteiger partial charge in [0.05, 0.1) is 10.6 Å². The van der Waals surface area contributed by atoms with Crippen molar-refractivity contribution in [2.24, 2.45) is 0 Å². The molecule has 0 aliphatic carbocycles. The fourth-order valence-electron chi connectivity index (χ4n) is 2.99. The molecule has 2 aromatic carbocycles. The number of thioether (sulfide) groups is 1. The summed E-state index contributed by atoms with van der Waals surface area (Å²) < 4.78 is 27.3. The lowest BCUT2D eigenvalue weighted by atomic mass is 10.1. The van der Waals surface area contributed by atoms with E-state index in [0.29, 0.717) is 11.3 Å². The van der Waals surface area contributed by atoms with E-state index >= 15 is 0 Å². The summed E-state index contributed by atoms with van der Waals surface area (Å²) in [5, 5.41) is 19.2. The maximum absolute atomic E-state index is 12.5. The van der Waals surface area contributed by atoms with Crippen molar-refractivity contribution < 1.29 is 23.4 Å². The van der Waals surface area contributed by atoms with E-state index in [1.165, 1.54) is 65.5 Å². The third-order valence-corrected chi connectivity index (χ3v) is 6.90. The summed E-state index contributed by atoms with van der Waals surface area (Å²) in [6, 6.07) is 11.6. The highest BCUT2D eigenvalue weighted by Crippen LogP contribution is 2.45. The number of rotatable bonds is 5. The van der Waals surface area contributed by atoms with Gasteiger partial charge in [0, 0.05) is 29.7 Å². The molecule has 1 aliphatic rings. The van der Waals surface area contributed by atoms with Crippen LogP contribution in [0.15, 0.2) is 65.8 Å². The van der Waals surface area contributed by atoms with E-state index in [1.54, 1.807) is 12.1 Å². The Morgan fingerprint density at radius 2 is 1.77 bits per heavy atom. The van der Waals surface area contributed by atoms with Gasteiger partial charge in [0.25, 0.3) is 10.0 Å². The van der Waals surface area contributed by atoms with Crippen molar-refractivity contribution in [2.45, 2.75) is 10.3 Å². The number of phenolic OH excluding ortho intramolecular Hbond substituents is 2. The molecule has 3 aromatic rings. The molecular formula is C19H16N4O5S2. The highest BCUT2D eigenvalue weighted by atomic mass is 32.2. The van der Waals surface area contributed by atoms with Crippen LogP contribution in [0, 0.1) is 0 Å². The summed E-state index contributed by atoms with van der Waals surface area (Å²) in [5.41, 5.74) is 0.959. The lowest BCUT2D eigenvalue weighted by Gasteiger charge is -2.25. The number of hydrogen-bond donors (Lipinski definition) is 3. The van der Waals surface area contributed by atoms with Gasteiger partial charge in [-0.05, 0) is 42.5 Å². The van der Waals surface area contributed by atoms with Crippen molar-refractivity contribution in [1.29, 1.82) is 0 Å². The SMILES string of the molecule is O=C1CSC(c2ccc(O)cc2O)N1c1ccc(S(=O)(=O)Nc2ncccn2)cc1. The van der Waals surface area contributed by atoms with Gasteiger partial charge in [0.2, 0.25) is 11.9 Å². The number of aromatic nitrogens is 2. The van der Waals surface area contributed by atoms with Crippen molar-refractivity contribution >= 4 is 39.3 Å². The van der Waals surface area contributed by atoms with Crippen LogP contribution in [0.25, 0.3) is 0 Å². The van der Waals surface area contributed by atoms with Gasteiger partial charge < -0.3 is 10.2 Å². The highest BCUT2D eigenvalue weighted by Gasteiger charge is 2.35. The molecule has 2 heterocycles. The Labute approximate surface area is 176 Å². The normalized spacial score (nSPS) is 16.6. The van der Waals surface area contributed by atoms with Crippen LogP contribution in [-0.4, -0.2) is 40.3 Å². The summed E-state index contributed by atoms with van der Waals surface area (Å²) in [5.74, 6) is -0.225. The molecule has 0 saturated carbocycles. The van der Waals surface area contributed by atoms with E-state index in [-0.39, 0.29) is 34.0 Å². The molecule has 1 fully saturated rings. The number of nitrogens with one attached hydrogen (secondary N) is 1. The number of carbonyl (C=O) groups excluding carboxylic acids is 1. The number of sulfonamides is 1. The second kappa shape index (κ2) is 7.84. The highest BCUT2D eigenvalue weighted by molar-refractivity contribution is 8.00. The van der Waals surface area contributed by atoms with Gasteiger partial charge in [-0.25, -0.2) is 23.1 Å². The van der Waals surface area contributed by atoms with Crippen LogP contribution in [0.3, 0.4) is 0 Å². The number of amides is 1. The second-order valence-corrected chi connectivity index (χ2v) is 9.09. The fraction of sp³-hybridized carbons (Fsp3) is 0.105. The van der Waals surface area contributed by atoms with Gasteiger partial charge in [-0.15, -0.1) is 11.8 Å². The summed E-state index contributed by atoms with van der Waals surface area (Å²) in [6.07, 6.45) is 2.84. The first kappa shape index (κ1) is 20.0. The van der Waals surface area contributed by atoms with Crippen LogP contribution in [0.4, 0.5) is 11.6 Å². The smallest absolute Gasteiger partial charge is 0.264 e. The molecule has 0 radical (unpaired) electrons. The van der Waals surface area contributed by atoms with Gasteiger partial charge in [-0.1, -0.05) is 0 Å². The zero-order valence-electron chi connectivity index (χ0n) is 15.3. The first-order valence-corrected chi connectivity index (χ1v) is 11.2. The molecule has 1 saturated heterocycles. The van der Waals surface area contributed by atoms with Gasteiger partial charge in [-0.2, -0.15) is 0 Å². The lowest BCUT2D eigenvalue weighted by Crippen LogP contribution is -2.27. The van der Waals surface area contributed by atoms with E-state index < -0.39 is 15.4 Å². The minimum Gasteiger partial charge on any atom is -0.508 e.